The van der Waals surface area contributed by atoms with Gasteiger partial charge >= 0.3 is 6.09 Å². The van der Waals surface area contributed by atoms with Crippen LogP contribution in [0, 0.1) is 5.92 Å². The molecular formula is C29H45N5O6S. The molecule has 0 aliphatic carbocycles. The lowest BCUT2D eigenvalue weighted by Gasteiger charge is -2.41. The van der Waals surface area contributed by atoms with Crippen molar-refractivity contribution in [3.8, 4) is 0 Å². The highest BCUT2D eigenvalue weighted by Crippen LogP contribution is 2.27. The molecule has 12 heteroatoms. The van der Waals surface area contributed by atoms with Crippen molar-refractivity contribution >= 4 is 35.5 Å². The Hall–Kier alpha value is -3.41. The van der Waals surface area contributed by atoms with Crippen LogP contribution in [0.4, 0.5) is 4.79 Å². The normalized spacial score (nSPS) is 15.9. The van der Waals surface area contributed by atoms with E-state index in [1.807, 2.05) is 27.7 Å². The fraction of sp³-hybridized carbons (Fsp3) is 0.586. The largest absolute Gasteiger partial charge is 0.444 e. The van der Waals surface area contributed by atoms with Gasteiger partial charge in [0.25, 0.3) is 17.0 Å². The predicted octanol–water partition coefficient (Wildman–Crippen LogP) is 4.98. The second kappa shape index (κ2) is 13.5. The number of piperidine rings is 1. The maximum atomic E-state index is 14.0. The SMILES string of the molecule is CC(C)C[C@H](NC(=O)C1(NC(=O)c2ccccc2)CCN(C(=O)OC(C)(C)C)CC1)C(=O)c1nnc(SC(C)C)o1.[HH].[HH]. The maximum Gasteiger partial charge on any atom is 0.410 e. The quantitative estimate of drug-likeness (QED) is 0.289. The van der Waals surface area contributed by atoms with Crippen LogP contribution in [0.5, 0.6) is 0 Å². The van der Waals surface area contributed by atoms with Gasteiger partial charge in [0, 0.05) is 26.8 Å². The molecule has 0 radical (unpaired) electrons. The van der Waals surface area contributed by atoms with E-state index in [1.165, 1.54) is 16.7 Å². The van der Waals surface area contributed by atoms with E-state index < -0.39 is 40.9 Å². The number of carbonyl (C=O) groups is 4. The molecule has 2 N–H and O–H groups in total. The van der Waals surface area contributed by atoms with E-state index in [1.54, 1.807) is 51.1 Å². The second-order valence-electron chi connectivity index (χ2n) is 11.9. The molecule has 0 unspecified atom stereocenters. The van der Waals surface area contributed by atoms with Gasteiger partial charge in [-0.3, -0.25) is 14.4 Å². The number of hydrogen-bond donors (Lipinski definition) is 2. The van der Waals surface area contributed by atoms with Gasteiger partial charge in [0.05, 0.1) is 6.04 Å². The first-order valence-corrected chi connectivity index (χ1v) is 14.8. The molecule has 11 nitrogen and oxygen atoms in total. The van der Waals surface area contributed by atoms with Crippen molar-refractivity contribution in [2.24, 2.45) is 5.92 Å². The highest BCUT2D eigenvalue weighted by Gasteiger charge is 2.45. The number of hydrogen-bond acceptors (Lipinski definition) is 9. The van der Waals surface area contributed by atoms with E-state index in [0.717, 1.165) is 0 Å². The Morgan fingerprint density at radius 2 is 1.71 bits per heavy atom. The first kappa shape index (κ1) is 32.1. The third-order valence-electron chi connectivity index (χ3n) is 6.37. The minimum Gasteiger partial charge on any atom is -0.444 e. The van der Waals surface area contributed by atoms with Gasteiger partial charge in [-0.25, -0.2) is 4.79 Å². The lowest BCUT2D eigenvalue weighted by atomic mass is 9.85. The summed E-state index contributed by atoms with van der Waals surface area (Å²) in [5, 5.41) is 14.1. The van der Waals surface area contributed by atoms with Crippen LogP contribution in [0.3, 0.4) is 0 Å². The molecule has 0 bridgehead atoms. The number of nitrogens with zero attached hydrogens (tertiary/aromatic N) is 3. The number of thioether (sulfide) groups is 1. The third kappa shape index (κ3) is 9.04. The summed E-state index contributed by atoms with van der Waals surface area (Å²) in [6.07, 6.45) is 0.108. The number of ether oxygens (including phenoxy) is 1. The van der Waals surface area contributed by atoms with Crippen molar-refractivity contribution in [2.75, 3.05) is 13.1 Å². The molecule has 0 spiro atoms. The topological polar surface area (TPSA) is 144 Å². The van der Waals surface area contributed by atoms with Gasteiger partial charge < -0.3 is 24.7 Å². The molecule has 2 heterocycles. The first-order chi connectivity index (χ1) is 19.2. The number of carbonyl (C=O) groups excluding carboxylic acids is 4. The summed E-state index contributed by atoms with van der Waals surface area (Å²) < 4.78 is 11.1. The lowest BCUT2D eigenvalue weighted by molar-refractivity contribution is -0.130. The van der Waals surface area contributed by atoms with Crippen molar-refractivity contribution in [2.45, 2.75) is 95.4 Å². The summed E-state index contributed by atoms with van der Waals surface area (Å²) >= 11 is 1.34. The highest BCUT2D eigenvalue weighted by molar-refractivity contribution is 7.99. The number of rotatable bonds is 10. The molecule has 41 heavy (non-hydrogen) atoms. The fourth-order valence-corrected chi connectivity index (χ4v) is 5.01. The monoisotopic (exact) mass is 591 g/mol. The van der Waals surface area contributed by atoms with Crippen molar-refractivity contribution in [3.05, 3.63) is 41.8 Å². The smallest absolute Gasteiger partial charge is 0.410 e. The van der Waals surface area contributed by atoms with Crippen LogP contribution < -0.4 is 10.6 Å². The van der Waals surface area contributed by atoms with E-state index in [9.17, 15) is 19.2 Å². The van der Waals surface area contributed by atoms with Gasteiger partial charge in [0.1, 0.15) is 11.1 Å². The average Bonchev–Trinajstić information content (AvgIpc) is 3.35. The number of ketones is 1. The Morgan fingerprint density at radius 3 is 2.27 bits per heavy atom. The van der Waals surface area contributed by atoms with Crippen LogP contribution in [0.1, 0.15) is 91.6 Å². The molecule has 2 aromatic rings. The Kier molecular flexibility index (Phi) is 10.6. The summed E-state index contributed by atoms with van der Waals surface area (Å²) in [5.41, 5.74) is -1.64. The van der Waals surface area contributed by atoms with Crippen molar-refractivity contribution < 1.29 is 31.2 Å². The predicted molar refractivity (Wildman–Crippen MR) is 159 cm³/mol. The zero-order valence-electron chi connectivity index (χ0n) is 24.9. The van der Waals surface area contributed by atoms with E-state index >= 15 is 0 Å². The van der Waals surface area contributed by atoms with Gasteiger partial charge in [-0.15, -0.1) is 10.2 Å². The molecule has 3 rings (SSSR count). The zero-order chi connectivity index (χ0) is 30.4. The maximum absolute atomic E-state index is 14.0. The van der Waals surface area contributed by atoms with E-state index in [0.29, 0.717) is 12.0 Å². The molecule has 1 fully saturated rings. The van der Waals surface area contributed by atoms with Gasteiger partial charge in [0.15, 0.2) is 0 Å². The Morgan fingerprint density at radius 1 is 1.07 bits per heavy atom. The van der Waals surface area contributed by atoms with Gasteiger partial charge in [-0.1, -0.05) is 57.7 Å². The molecule has 1 aromatic heterocycles. The summed E-state index contributed by atoms with van der Waals surface area (Å²) in [4.78, 5) is 54.9. The Labute approximate surface area is 248 Å². The molecule has 228 valence electrons. The van der Waals surface area contributed by atoms with Crippen LogP contribution in [-0.2, 0) is 9.53 Å². The fourth-order valence-electron chi connectivity index (χ4n) is 4.39. The number of amides is 3. The molecule has 3 amide bonds. The van der Waals surface area contributed by atoms with E-state index in [4.69, 9.17) is 9.15 Å². The van der Waals surface area contributed by atoms with Crippen LogP contribution in [-0.4, -0.2) is 74.3 Å². The van der Waals surface area contributed by atoms with Gasteiger partial charge in [0.2, 0.25) is 11.7 Å². The van der Waals surface area contributed by atoms with Crippen molar-refractivity contribution in [1.29, 1.82) is 0 Å². The molecule has 1 aliphatic heterocycles. The second-order valence-corrected chi connectivity index (χ2v) is 13.5. The van der Waals surface area contributed by atoms with Gasteiger partial charge in [-0.2, -0.15) is 0 Å². The Bertz CT molecular complexity index is 1230. The minimum absolute atomic E-state index is 0. The Balaban J connectivity index is 0.00000462. The summed E-state index contributed by atoms with van der Waals surface area (Å²) in [6.45, 7) is 13.5. The average molecular weight is 592 g/mol. The van der Waals surface area contributed by atoms with Gasteiger partial charge in [-0.05, 0) is 58.1 Å². The number of Topliss-reactive ketones (excluding diaryl/α,β-unsaturated/α-hetero) is 1. The zero-order valence-corrected chi connectivity index (χ0v) is 25.7. The van der Waals surface area contributed by atoms with Crippen LogP contribution in [0.2, 0.25) is 0 Å². The van der Waals surface area contributed by atoms with E-state index in [-0.39, 0.29) is 51.1 Å². The van der Waals surface area contributed by atoms with Crippen LogP contribution in [0.25, 0.3) is 0 Å². The molecule has 1 aromatic carbocycles. The molecule has 1 aliphatic rings. The molecule has 1 atom stereocenters. The van der Waals surface area contributed by atoms with Crippen molar-refractivity contribution in [3.63, 3.8) is 0 Å². The van der Waals surface area contributed by atoms with E-state index in [2.05, 4.69) is 20.8 Å². The summed E-state index contributed by atoms with van der Waals surface area (Å²) in [6, 6.07) is 7.63. The highest BCUT2D eigenvalue weighted by atomic mass is 32.2. The standard InChI is InChI=1S/C29H41N5O6S.2H2/c1-18(2)17-21(22(35)24-32-33-26(39-24)41-19(3)4)30-25(37)29(31-23(36)20-11-9-8-10-12-20)13-15-34(16-14-29)27(38)40-28(5,6)7;;/h8-12,18-19,21H,13-17H2,1-7H3,(H,30,37)(H,31,36);2*1H/t21-;;/m0../s1. The number of likely N-dealkylation sites (tertiary alicyclic amines) is 1. The third-order valence-corrected chi connectivity index (χ3v) is 7.21. The number of aromatic nitrogens is 2. The summed E-state index contributed by atoms with van der Waals surface area (Å²) in [7, 11) is 0. The number of nitrogens with one attached hydrogen (secondary N) is 2. The molecule has 1 saturated heterocycles. The molecule has 0 saturated carbocycles. The lowest BCUT2D eigenvalue weighted by Crippen LogP contribution is -2.65. The summed E-state index contributed by atoms with van der Waals surface area (Å²) in [5.74, 6) is -1.56. The first-order valence-electron chi connectivity index (χ1n) is 13.9. The van der Waals surface area contributed by atoms with Crippen molar-refractivity contribution in [1.82, 2.24) is 25.7 Å². The number of benzene rings is 1. The van der Waals surface area contributed by atoms with Crippen LogP contribution in [0.15, 0.2) is 40.0 Å². The minimum atomic E-state index is -1.37. The molecular weight excluding hydrogens is 546 g/mol. The van der Waals surface area contributed by atoms with Crippen LogP contribution >= 0.6 is 11.8 Å².